The number of aromatic nitrogens is 2. The molecule has 0 aliphatic carbocycles. The minimum Gasteiger partial charge on any atom is -0.378 e. The summed E-state index contributed by atoms with van der Waals surface area (Å²) >= 11 is 0. The Morgan fingerprint density at radius 2 is 2.14 bits per heavy atom. The van der Waals surface area contributed by atoms with E-state index in [-0.39, 0.29) is 17.9 Å². The topological polar surface area (TPSA) is 61.5 Å². The SMILES string of the molecule is Cc1cc(N2CCN(C(=O)C3CCCOC3C)CC2)n[nH]1. The second-order valence-electron chi connectivity index (χ2n) is 6.05. The Bertz CT molecular complexity index is 494. The van der Waals surface area contributed by atoms with Crippen molar-refractivity contribution in [2.24, 2.45) is 5.92 Å². The summed E-state index contributed by atoms with van der Waals surface area (Å²) in [6.45, 7) is 8.04. The van der Waals surface area contributed by atoms with Crippen LogP contribution in [-0.4, -0.2) is 59.9 Å². The maximum atomic E-state index is 12.6. The number of H-pyrrole nitrogens is 1. The first-order valence-corrected chi connectivity index (χ1v) is 7.82. The first-order valence-electron chi connectivity index (χ1n) is 7.82. The van der Waals surface area contributed by atoms with E-state index < -0.39 is 0 Å². The minimum atomic E-state index is 0.0397. The molecule has 2 unspecified atom stereocenters. The van der Waals surface area contributed by atoms with Crippen molar-refractivity contribution in [1.82, 2.24) is 15.1 Å². The van der Waals surface area contributed by atoms with Crippen LogP contribution in [0.5, 0.6) is 0 Å². The standard InChI is InChI=1S/C15H24N4O2/c1-11-10-14(17-16-11)18-5-7-19(8-6-18)15(20)13-4-3-9-21-12(13)2/h10,12-13H,3-9H2,1-2H3,(H,16,17). The number of carbonyl (C=O) groups is 1. The Morgan fingerprint density at radius 1 is 1.38 bits per heavy atom. The first-order chi connectivity index (χ1) is 10.1. The van der Waals surface area contributed by atoms with E-state index in [0.29, 0.717) is 0 Å². The third kappa shape index (κ3) is 3.05. The van der Waals surface area contributed by atoms with Gasteiger partial charge in [0.05, 0.1) is 12.0 Å². The van der Waals surface area contributed by atoms with E-state index in [4.69, 9.17) is 4.74 Å². The highest BCUT2D eigenvalue weighted by Crippen LogP contribution is 2.24. The van der Waals surface area contributed by atoms with Crippen molar-refractivity contribution in [3.8, 4) is 0 Å². The van der Waals surface area contributed by atoms with Crippen LogP contribution in [0, 0.1) is 12.8 Å². The summed E-state index contributed by atoms with van der Waals surface area (Å²) in [5.41, 5.74) is 1.07. The van der Waals surface area contributed by atoms with Crippen LogP contribution in [0.25, 0.3) is 0 Å². The lowest BCUT2D eigenvalue weighted by Crippen LogP contribution is -2.52. The van der Waals surface area contributed by atoms with Gasteiger partial charge in [-0.2, -0.15) is 5.10 Å². The molecule has 1 N–H and O–H groups in total. The van der Waals surface area contributed by atoms with Gasteiger partial charge in [-0.1, -0.05) is 0 Å². The third-order valence-electron chi connectivity index (χ3n) is 4.53. The lowest BCUT2D eigenvalue weighted by Gasteiger charge is -2.38. The number of hydrogen-bond donors (Lipinski definition) is 1. The first kappa shape index (κ1) is 14.4. The Balaban J connectivity index is 1.56. The number of piperazine rings is 1. The molecule has 0 spiro atoms. The van der Waals surface area contributed by atoms with E-state index in [1.807, 2.05) is 18.7 Å². The van der Waals surface area contributed by atoms with Crippen LogP contribution in [0.3, 0.4) is 0 Å². The summed E-state index contributed by atoms with van der Waals surface area (Å²) in [6.07, 6.45) is 2.00. The fourth-order valence-corrected chi connectivity index (χ4v) is 3.20. The van der Waals surface area contributed by atoms with Crippen molar-refractivity contribution in [3.63, 3.8) is 0 Å². The van der Waals surface area contributed by atoms with Gasteiger partial charge < -0.3 is 14.5 Å². The van der Waals surface area contributed by atoms with Crippen molar-refractivity contribution in [2.45, 2.75) is 32.8 Å². The number of nitrogens with one attached hydrogen (secondary N) is 1. The van der Waals surface area contributed by atoms with Gasteiger partial charge in [0.1, 0.15) is 0 Å². The van der Waals surface area contributed by atoms with Gasteiger partial charge in [-0.05, 0) is 26.7 Å². The number of amides is 1. The Morgan fingerprint density at radius 3 is 2.76 bits per heavy atom. The molecule has 0 aromatic carbocycles. The van der Waals surface area contributed by atoms with Crippen LogP contribution in [0.15, 0.2) is 6.07 Å². The number of hydrogen-bond acceptors (Lipinski definition) is 4. The predicted molar refractivity (Wildman–Crippen MR) is 80.3 cm³/mol. The van der Waals surface area contributed by atoms with Crippen molar-refractivity contribution < 1.29 is 9.53 Å². The van der Waals surface area contributed by atoms with E-state index in [1.54, 1.807) is 0 Å². The molecule has 21 heavy (non-hydrogen) atoms. The summed E-state index contributed by atoms with van der Waals surface area (Å²) < 4.78 is 5.62. The molecule has 2 aliphatic rings. The molecule has 1 aromatic rings. The molecule has 0 bridgehead atoms. The molecule has 1 aromatic heterocycles. The quantitative estimate of drug-likeness (QED) is 0.889. The van der Waals surface area contributed by atoms with Gasteiger partial charge in [-0.3, -0.25) is 9.89 Å². The molecule has 6 nitrogen and oxygen atoms in total. The number of carbonyl (C=O) groups excluding carboxylic acids is 1. The Kier molecular flexibility index (Phi) is 4.14. The Labute approximate surface area is 125 Å². The lowest BCUT2D eigenvalue weighted by molar-refractivity contribution is -0.144. The van der Waals surface area contributed by atoms with Gasteiger partial charge in [0.15, 0.2) is 5.82 Å². The summed E-state index contributed by atoms with van der Waals surface area (Å²) in [7, 11) is 0. The van der Waals surface area contributed by atoms with Crippen molar-refractivity contribution in [3.05, 3.63) is 11.8 Å². The number of aromatic amines is 1. The largest absolute Gasteiger partial charge is 0.378 e. The van der Waals surface area contributed by atoms with Gasteiger partial charge in [0.25, 0.3) is 0 Å². The van der Waals surface area contributed by atoms with Crippen LogP contribution in [0.2, 0.25) is 0 Å². The molecular weight excluding hydrogens is 268 g/mol. The zero-order chi connectivity index (χ0) is 14.8. The molecule has 3 heterocycles. The molecular formula is C15H24N4O2. The zero-order valence-corrected chi connectivity index (χ0v) is 12.8. The molecule has 2 saturated heterocycles. The molecule has 0 saturated carbocycles. The highest BCUT2D eigenvalue weighted by Gasteiger charge is 2.33. The monoisotopic (exact) mass is 292 g/mol. The van der Waals surface area contributed by atoms with E-state index in [9.17, 15) is 4.79 Å². The highest BCUT2D eigenvalue weighted by molar-refractivity contribution is 5.79. The van der Waals surface area contributed by atoms with E-state index in [1.165, 1.54) is 0 Å². The van der Waals surface area contributed by atoms with Crippen LogP contribution in [-0.2, 0) is 9.53 Å². The fraction of sp³-hybridized carbons (Fsp3) is 0.733. The van der Waals surface area contributed by atoms with Crippen molar-refractivity contribution >= 4 is 11.7 Å². The molecule has 3 rings (SSSR count). The van der Waals surface area contributed by atoms with Crippen molar-refractivity contribution in [2.75, 3.05) is 37.7 Å². The fourth-order valence-electron chi connectivity index (χ4n) is 3.20. The molecule has 2 fully saturated rings. The van der Waals surface area contributed by atoms with E-state index in [2.05, 4.69) is 21.2 Å². The average molecular weight is 292 g/mol. The van der Waals surface area contributed by atoms with Gasteiger partial charge in [-0.15, -0.1) is 0 Å². The molecule has 116 valence electrons. The minimum absolute atomic E-state index is 0.0397. The van der Waals surface area contributed by atoms with Crippen LogP contribution in [0.1, 0.15) is 25.5 Å². The van der Waals surface area contributed by atoms with Gasteiger partial charge in [0, 0.05) is 44.5 Å². The van der Waals surface area contributed by atoms with Gasteiger partial charge >= 0.3 is 0 Å². The third-order valence-corrected chi connectivity index (χ3v) is 4.53. The van der Waals surface area contributed by atoms with Crippen LogP contribution in [0.4, 0.5) is 5.82 Å². The molecule has 2 atom stereocenters. The zero-order valence-electron chi connectivity index (χ0n) is 12.8. The smallest absolute Gasteiger partial charge is 0.228 e. The number of rotatable bonds is 2. The maximum Gasteiger partial charge on any atom is 0.228 e. The summed E-state index contributed by atoms with van der Waals surface area (Å²) in [5.74, 6) is 1.28. The Hall–Kier alpha value is -1.56. The summed E-state index contributed by atoms with van der Waals surface area (Å²) in [6, 6.07) is 2.05. The van der Waals surface area contributed by atoms with Crippen LogP contribution < -0.4 is 4.90 Å². The van der Waals surface area contributed by atoms with E-state index >= 15 is 0 Å². The second-order valence-corrected chi connectivity index (χ2v) is 6.05. The summed E-state index contributed by atoms with van der Waals surface area (Å²) in [5, 5.41) is 7.26. The normalized spacial score (nSPS) is 27.0. The number of anilines is 1. The highest BCUT2D eigenvalue weighted by atomic mass is 16.5. The maximum absolute atomic E-state index is 12.6. The predicted octanol–water partition coefficient (Wildman–Crippen LogP) is 1.18. The lowest BCUT2D eigenvalue weighted by atomic mass is 9.93. The van der Waals surface area contributed by atoms with Gasteiger partial charge in [0.2, 0.25) is 5.91 Å². The molecule has 2 aliphatic heterocycles. The second kappa shape index (κ2) is 6.05. The summed E-state index contributed by atoms with van der Waals surface area (Å²) in [4.78, 5) is 16.8. The van der Waals surface area contributed by atoms with Crippen molar-refractivity contribution in [1.29, 1.82) is 0 Å². The molecule has 1 amide bonds. The number of ether oxygens (including phenoxy) is 1. The molecule has 6 heteroatoms. The van der Waals surface area contributed by atoms with Gasteiger partial charge in [-0.25, -0.2) is 0 Å². The number of aryl methyl sites for hydroxylation is 1. The number of nitrogens with zero attached hydrogens (tertiary/aromatic N) is 3. The van der Waals surface area contributed by atoms with Crippen LogP contribution >= 0.6 is 0 Å². The average Bonchev–Trinajstić information content (AvgIpc) is 2.94. The molecule has 0 radical (unpaired) electrons. The van der Waals surface area contributed by atoms with E-state index in [0.717, 1.165) is 57.1 Å².